The molecule has 3 aromatic rings. The number of nitrogens with one attached hydrogen (secondary N) is 1. The van der Waals surface area contributed by atoms with Gasteiger partial charge in [0.25, 0.3) is 0 Å². The van der Waals surface area contributed by atoms with E-state index in [1.54, 1.807) is 6.20 Å². The second kappa shape index (κ2) is 8.14. The summed E-state index contributed by atoms with van der Waals surface area (Å²) in [6.45, 7) is 2.03. The molecule has 6 nitrogen and oxygen atoms in total. The molecule has 0 aliphatic heterocycles. The predicted octanol–water partition coefficient (Wildman–Crippen LogP) is 4.00. The molecule has 0 amide bonds. The number of carboxylic acid groups (broad SMARTS) is 1. The average Bonchev–Trinajstić information content (AvgIpc) is 2.69. The Kier molecular flexibility index (Phi) is 5.47. The topological polar surface area (TPSA) is 101 Å². The van der Waals surface area contributed by atoms with Gasteiger partial charge in [-0.05, 0) is 30.2 Å². The zero-order chi connectivity index (χ0) is 19.2. The minimum atomic E-state index is -0.992. The zero-order valence-electron chi connectivity index (χ0n) is 14.8. The van der Waals surface area contributed by atoms with Crippen LogP contribution in [0.5, 0.6) is 0 Å². The number of nitrogens with two attached hydrogens (primary N) is 1. The summed E-state index contributed by atoms with van der Waals surface area (Å²) in [6, 6.07) is 17.4. The Balaban J connectivity index is 1.87. The number of carbonyl (C=O) groups is 1. The molecule has 0 bridgehead atoms. The SMILES string of the molecule is C[C@H](Nc1nc(-c2cccc(/C=C/C(=O)O)c2)cnc1N)c1ccccc1. The second-order valence-electron chi connectivity index (χ2n) is 6.06. The van der Waals surface area contributed by atoms with Crippen molar-refractivity contribution >= 4 is 23.7 Å². The lowest BCUT2D eigenvalue weighted by atomic mass is 10.1. The van der Waals surface area contributed by atoms with Gasteiger partial charge in [-0.1, -0.05) is 48.5 Å². The van der Waals surface area contributed by atoms with E-state index in [0.717, 1.165) is 22.8 Å². The number of nitrogens with zero attached hydrogens (tertiary/aromatic N) is 2. The molecular weight excluding hydrogens is 340 g/mol. The maximum absolute atomic E-state index is 10.7. The zero-order valence-corrected chi connectivity index (χ0v) is 14.8. The van der Waals surface area contributed by atoms with E-state index in [1.807, 2.05) is 61.5 Å². The van der Waals surface area contributed by atoms with Crippen LogP contribution in [0.4, 0.5) is 11.6 Å². The molecule has 0 saturated heterocycles. The smallest absolute Gasteiger partial charge is 0.328 e. The van der Waals surface area contributed by atoms with Gasteiger partial charge in [-0.3, -0.25) is 0 Å². The molecule has 3 rings (SSSR count). The lowest BCUT2D eigenvalue weighted by Gasteiger charge is -2.16. The van der Waals surface area contributed by atoms with Crippen LogP contribution in [0.1, 0.15) is 24.1 Å². The summed E-state index contributed by atoms with van der Waals surface area (Å²) in [5, 5.41) is 12.1. The van der Waals surface area contributed by atoms with Gasteiger partial charge in [-0.25, -0.2) is 14.8 Å². The average molecular weight is 360 g/mol. The molecule has 1 aromatic heterocycles. The van der Waals surface area contributed by atoms with E-state index in [1.165, 1.54) is 6.08 Å². The summed E-state index contributed by atoms with van der Waals surface area (Å²) in [7, 11) is 0. The van der Waals surface area contributed by atoms with Crippen molar-refractivity contribution in [2.24, 2.45) is 0 Å². The number of benzene rings is 2. The third-order valence-electron chi connectivity index (χ3n) is 4.05. The summed E-state index contributed by atoms with van der Waals surface area (Å²) in [4.78, 5) is 19.6. The molecule has 4 N–H and O–H groups in total. The van der Waals surface area contributed by atoms with Gasteiger partial charge in [-0.15, -0.1) is 0 Å². The largest absolute Gasteiger partial charge is 0.478 e. The van der Waals surface area contributed by atoms with Crippen LogP contribution < -0.4 is 11.1 Å². The Bertz CT molecular complexity index is 971. The van der Waals surface area contributed by atoms with Crippen molar-refractivity contribution < 1.29 is 9.90 Å². The Morgan fingerprint density at radius 3 is 2.70 bits per heavy atom. The highest BCUT2D eigenvalue weighted by Gasteiger charge is 2.11. The Morgan fingerprint density at radius 2 is 1.96 bits per heavy atom. The highest BCUT2D eigenvalue weighted by Crippen LogP contribution is 2.25. The van der Waals surface area contributed by atoms with Crippen LogP contribution in [0, 0.1) is 0 Å². The van der Waals surface area contributed by atoms with Gasteiger partial charge in [0.1, 0.15) is 0 Å². The van der Waals surface area contributed by atoms with Crippen LogP contribution in [0.15, 0.2) is 66.9 Å². The Labute approximate surface area is 157 Å². The van der Waals surface area contributed by atoms with Crippen molar-refractivity contribution in [2.75, 3.05) is 11.1 Å². The molecule has 1 atom stereocenters. The Morgan fingerprint density at radius 1 is 1.19 bits per heavy atom. The third-order valence-corrected chi connectivity index (χ3v) is 4.05. The normalized spacial score (nSPS) is 12.0. The predicted molar refractivity (Wildman–Crippen MR) is 107 cm³/mol. The quantitative estimate of drug-likeness (QED) is 0.575. The van der Waals surface area contributed by atoms with Crippen molar-refractivity contribution in [2.45, 2.75) is 13.0 Å². The first kappa shape index (κ1) is 18.1. The van der Waals surface area contributed by atoms with Gasteiger partial charge in [-0.2, -0.15) is 0 Å². The molecule has 27 heavy (non-hydrogen) atoms. The highest BCUT2D eigenvalue weighted by atomic mass is 16.4. The molecule has 0 aliphatic carbocycles. The van der Waals surface area contributed by atoms with E-state index in [9.17, 15) is 4.79 Å². The first-order chi connectivity index (χ1) is 13.0. The third kappa shape index (κ3) is 4.70. The molecule has 2 aromatic carbocycles. The molecule has 1 heterocycles. The van der Waals surface area contributed by atoms with Gasteiger partial charge in [0.2, 0.25) is 0 Å². The van der Waals surface area contributed by atoms with Crippen LogP contribution in [-0.2, 0) is 4.79 Å². The van der Waals surface area contributed by atoms with E-state index >= 15 is 0 Å². The number of carboxylic acids is 1. The van der Waals surface area contributed by atoms with Crippen molar-refractivity contribution in [3.05, 3.63) is 78.0 Å². The van der Waals surface area contributed by atoms with Crippen molar-refractivity contribution in [3.63, 3.8) is 0 Å². The fourth-order valence-corrected chi connectivity index (χ4v) is 2.64. The van der Waals surface area contributed by atoms with Crippen molar-refractivity contribution in [1.82, 2.24) is 9.97 Å². The van der Waals surface area contributed by atoms with E-state index in [4.69, 9.17) is 10.8 Å². The molecule has 0 radical (unpaired) electrons. The number of nitrogen functional groups attached to an aromatic ring is 1. The minimum absolute atomic E-state index is 0.0166. The van der Waals surface area contributed by atoms with E-state index in [0.29, 0.717) is 17.3 Å². The molecule has 6 heteroatoms. The molecule has 0 spiro atoms. The number of aliphatic carboxylic acids is 1. The van der Waals surface area contributed by atoms with Crippen molar-refractivity contribution in [3.8, 4) is 11.3 Å². The first-order valence-electron chi connectivity index (χ1n) is 8.48. The highest BCUT2D eigenvalue weighted by molar-refractivity contribution is 5.85. The van der Waals surface area contributed by atoms with Gasteiger partial charge < -0.3 is 16.2 Å². The molecular formula is C21H20N4O2. The lowest BCUT2D eigenvalue weighted by Crippen LogP contribution is -2.11. The maximum atomic E-state index is 10.7. The van der Waals surface area contributed by atoms with Gasteiger partial charge >= 0.3 is 5.97 Å². The molecule has 0 fully saturated rings. The molecule has 0 saturated carbocycles. The molecule has 136 valence electrons. The van der Waals surface area contributed by atoms with Crippen LogP contribution in [0.3, 0.4) is 0 Å². The number of aromatic nitrogens is 2. The van der Waals surface area contributed by atoms with E-state index < -0.39 is 5.97 Å². The van der Waals surface area contributed by atoms with Gasteiger partial charge in [0, 0.05) is 11.6 Å². The summed E-state index contributed by atoms with van der Waals surface area (Å²) < 4.78 is 0. The maximum Gasteiger partial charge on any atom is 0.328 e. The Hall–Kier alpha value is -3.67. The summed E-state index contributed by atoms with van der Waals surface area (Å²) >= 11 is 0. The summed E-state index contributed by atoms with van der Waals surface area (Å²) in [6.07, 6.45) is 4.24. The summed E-state index contributed by atoms with van der Waals surface area (Å²) in [5.41, 5.74) is 9.35. The van der Waals surface area contributed by atoms with E-state index in [-0.39, 0.29) is 6.04 Å². The van der Waals surface area contributed by atoms with Gasteiger partial charge in [0.05, 0.1) is 17.9 Å². The fourth-order valence-electron chi connectivity index (χ4n) is 2.64. The molecule has 0 aliphatic rings. The van der Waals surface area contributed by atoms with E-state index in [2.05, 4.69) is 15.3 Å². The number of rotatable bonds is 6. The van der Waals surface area contributed by atoms with Gasteiger partial charge in [0.15, 0.2) is 11.6 Å². The second-order valence-corrected chi connectivity index (χ2v) is 6.06. The van der Waals surface area contributed by atoms with Crippen LogP contribution in [0.25, 0.3) is 17.3 Å². The van der Waals surface area contributed by atoms with Crippen LogP contribution in [0.2, 0.25) is 0 Å². The molecule has 0 unspecified atom stereocenters. The monoisotopic (exact) mass is 360 g/mol. The summed E-state index contributed by atoms with van der Waals surface area (Å²) in [5.74, 6) is -0.159. The fraction of sp³-hybridized carbons (Fsp3) is 0.0952. The number of anilines is 2. The first-order valence-corrected chi connectivity index (χ1v) is 8.48. The number of hydrogen-bond donors (Lipinski definition) is 3. The standard InChI is InChI=1S/C21H20N4O2/c1-14(16-7-3-2-4-8-16)24-21-20(22)23-13-18(25-21)17-9-5-6-15(12-17)10-11-19(26)27/h2-14H,1H3,(H2,22,23)(H,24,25)(H,26,27)/b11-10+/t14-/m0/s1. The van der Waals surface area contributed by atoms with Crippen molar-refractivity contribution in [1.29, 1.82) is 0 Å². The number of hydrogen-bond acceptors (Lipinski definition) is 5. The van der Waals surface area contributed by atoms with Crippen LogP contribution in [-0.4, -0.2) is 21.0 Å². The minimum Gasteiger partial charge on any atom is -0.478 e. The van der Waals surface area contributed by atoms with Crippen LogP contribution >= 0.6 is 0 Å². The lowest BCUT2D eigenvalue weighted by molar-refractivity contribution is -0.131.